The van der Waals surface area contributed by atoms with Crippen LogP contribution >= 0.6 is 0 Å². The van der Waals surface area contributed by atoms with Crippen molar-refractivity contribution in [3.8, 4) is 11.5 Å². The Labute approximate surface area is 99.5 Å². The Hall–Kier alpha value is -2.01. The molecule has 0 spiro atoms. The van der Waals surface area contributed by atoms with Crippen molar-refractivity contribution in [1.82, 2.24) is 0 Å². The molecule has 1 aromatic rings. The van der Waals surface area contributed by atoms with Crippen molar-refractivity contribution in [3.05, 3.63) is 29.3 Å². The Kier molecular flexibility index (Phi) is 4.54. The summed E-state index contributed by atoms with van der Waals surface area (Å²) in [6.45, 7) is 0.373. The summed E-state index contributed by atoms with van der Waals surface area (Å²) in [5.74, 6) is -0.328. The highest BCUT2D eigenvalue weighted by atomic mass is 16.5. The molecule has 0 heterocycles. The number of carbonyl (C=O) groups excluding carboxylic acids is 1. The highest BCUT2D eigenvalue weighted by Gasteiger charge is 2.15. The molecule has 0 unspecified atom stereocenters. The third-order valence-corrected chi connectivity index (χ3v) is 2.19. The molecular formula is C12H15NO4. The molecule has 0 bridgehead atoms. The number of nitrogens with two attached hydrogens (primary N) is 1. The van der Waals surface area contributed by atoms with Crippen LogP contribution in [0.5, 0.6) is 11.5 Å². The smallest absolute Gasteiger partial charge is 0.341 e. The first kappa shape index (κ1) is 13.1. The average Bonchev–Trinajstić information content (AvgIpc) is 2.35. The van der Waals surface area contributed by atoms with E-state index in [1.165, 1.54) is 26.4 Å². The van der Waals surface area contributed by atoms with Crippen LogP contribution in [0.3, 0.4) is 0 Å². The molecule has 3 N–H and O–H groups in total. The van der Waals surface area contributed by atoms with Crippen molar-refractivity contribution in [2.75, 3.05) is 20.8 Å². The lowest BCUT2D eigenvalue weighted by Crippen LogP contribution is -2.03. The molecule has 0 aliphatic rings. The maximum Gasteiger partial charge on any atom is 0.341 e. The number of benzene rings is 1. The van der Waals surface area contributed by atoms with Crippen LogP contribution in [-0.2, 0) is 4.74 Å². The molecule has 0 amide bonds. The summed E-state index contributed by atoms with van der Waals surface area (Å²) in [6, 6.07) is 2.86. The minimum Gasteiger partial charge on any atom is -0.507 e. The van der Waals surface area contributed by atoms with E-state index in [2.05, 4.69) is 4.74 Å². The van der Waals surface area contributed by atoms with Crippen LogP contribution in [0.4, 0.5) is 0 Å². The van der Waals surface area contributed by atoms with E-state index in [0.717, 1.165) is 0 Å². The molecule has 0 aliphatic carbocycles. The second-order valence-corrected chi connectivity index (χ2v) is 3.24. The van der Waals surface area contributed by atoms with Gasteiger partial charge in [-0.25, -0.2) is 4.79 Å². The maximum absolute atomic E-state index is 11.4. The Morgan fingerprint density at radius 2 is 2.18 bits per heavy atom. The molecule has 1 aromatic carbocycles. The first-order valence-corrected chi connectivity index (χ1v) is 5.00. The quantitative estimate of drug-likeness (QED) is 0.768. The highest BCUT2D eigenvalue weighted by molar-refractivity contribution is 5.93. The second kappa shape index (κ2) is 5.91. The van der Waals surface area contributed by atoms with Crippen molar-refractivity contribution in [3.63, 3.8) is 0 Å². The summed E-state index contributed by atoms with van der Waals surface area (Å²) in [5, 5.41) is 9.64. The number of rotatable bonds is 4. The van der Waals surface area contributed by atoms with Crippen LogP contribution < -0.4 is 10.5 Å². The molecule has 0 fully saturated rings. The number of methoxy groups -OCH3 is 2. The Bertz CT molecular complexity index is 440. The monoisotopic (exact) mass is 237 g/mol. The van der Waals surface area contributed by atoms with Gasteiger partial charge in [0.1, 0.15) is 17.1 Å². The van der Waals surface area contributed by atoms with Crippen molar-refractivity contribution in [2.24, 2.45) is 5.73 Å². The fourth-order valence-electron chi connectivity index (χ4n) is 1.36. The Morgan fingerprint density at radius 3 is 2.71 bits per heavy atom. The van der Waals surface area contributed by atoms with Gasteiger partial charge in [-0.15, -0.1) is 0 Å². The third-order valence-electron chi connectivity index (χ3n) is 2.19. The lowest BCUT2D eigenvalue weighted by atomic mass is 10.1. The zero-order valence-corrected chi connectivity index (χ0v) is 9.77. The average molecular weight is 237 g/mol. The minimum absolute atomic E-state index is 0.0879. The number of esters is 1. The van der Waals surface area contributed by atoms with Crippen molar-refractivity contribution >= 4 is 12.0 Å². The van der Waals surface area contributed by atoms with Gasteiger partial charge in [0.2, 0.25) is 0 Å². The minimum atomic E-state index is -0.604. The van der Waals surface area contributed by atoms with E-state index in [4.69, 9.17) is 10.5 Å². The Morgan fingerprint density at radius 1 is 1.47 bits per heavy atom. The van der Waals surface area contributed by atoms with Gasteiger partial charge in [0, 0.05) is 18.2 Å². The standard InChI is InChI=1S/C12H15NO4/c1-16-11-7-10(14)9(12(15)17-2)6-8(11)4-3-5-13/h3-4,6-7,14H,5,13H2,1-2H3/b4-3+. The largest absolute Gasteiger partial charge is 0.507 e. The number of hydrogen-bond donors (Lipinski definition) is 2. The zero-order valence-electron chi connectivity index (χ0n) is 9.77. The van der Waals surface area contributed by atoms with E-state index < -0.39 is 5.97 Å². The van der Waals surface area contributed by atoms with Gasteiger partial charge in [-0.05, 0) is 6.07 Å². The van der Waals surface area contributed by atoms with Gasteiger partial charge < -0.3 is 20.3 Å². The van der Waals surface area contributed by atoms with Gasteiger partial charge in [-0.3, -0.25) is 0 Å². The molecule has 92 valence electrons. The van der Waals surface area contributed by atoms with Crippen molar-refractivity contribution in [2.45, 2.75) is 0 Å². The van der Waals surface area contributed by atoms with E-state index in [1.807, 2.05) is 0 Å². The fraction of sp³-hybridized carbons (Fsp3) is 0.250. The zero-order chi connectivity index (χ0) is 12.8. The summed E-state index contributed by atoms with van der Waals surface area (Å²) >= 11 is 0. The number of phenolic OH excluding ortho intramolecular Hbond substituents is 1. The molecule has 0 saturated heterocycles. The van der Waals surface area contributed by atoms with Crippen molar-refractivity contribution in [1.29, 1.82) is 0 Å². The summed E-state index contributed by atoms with van der Waals surface area (Å²) in [7, 11) is 2.73. The summed E-state index contributed by atoms with van der Waals surface area (Å²) < 4.78 is 9.65. The fourth-order valence-corrected chi connectivity index (χ4v) is 1.36. The molecule has 0 radical (unpaired) electrons. The Balaban J connectivity index is 3.27. The lowest BCUT2D eigenvalue weighted by Gasteiger charge is -2.09. The summed E-state index contributed by atoms with van der Waals surface area (Å²) in [5.41, 5.74) is 6.09. The number of carbonyl (C=O) groups is 1. The molecule has 0 aromatic heterocycles. The van der Waals surface area contributed by atoms with E-state index in [0.29, 0.717) is 17.9 Å². The van der Waals surface area contributed by atoms with Crippen LogP contribution in [0.25, 0.3) is 6.08 Å². The highest BCUT2D eigenvalue weighted by Crippen LogP contribution is 2.29. The van der Waals surface area contributed by atoms with Gasteiger partial charge in [0.15, 0.2) is 0 Å². The number of phenols is 1. The molecule has 0 saturated carbocycles. The van der Waals surface area contributed by atoms with Gasteiger partial charge in [-0.2, -0.15) is 0 Å². The van der Waals surface area contributed by atoms with Crippen LogP contribution in [-0.4, -0.2) is 31.8 Å². The topological polar surface area (TPSA) is 81.8 Å². The first-order valence-electron chi connectivity index (χ1n) is 5.00. The van der Waals surface area contributed by atoms with Crippen LogP contribution in [0.15, 0.2) is 18.2 Å². The van der Waals surface area contributed by atoms with Gasteiger partial charge in [0.05, 0.1) is 14.2 Å². The lowest BCUT2D eigenvalue weighted by molar-refractivity contribution is 0.0597. The number of aromatic hydroxyl groups is 1. The molecule has 5 heteroatoms. The molecule has 1 rings (SSSR count). The van der Waals surface area contributed by atoms with Gasteiger partial charge in [0.25, 0.3) is 0 Å². The summed E-state index contributed by atoms with van der Waals surface area (Å²) in [4.78, 5) is 11.4. The maximum atomic E-state index is 11.4. The number of hydrogen-bond acceptors (Lipinski definition) is 5. The molecule has 5 nitrogen and oxygen atoms in total. The second-order valence-electron chi connectivity index (χ2n) is 3.24. The van der Waals surface area contributed by atoms with Crippen LogP contribution in [0.2, 0.25) is 0 Å². The van der Waals surface area contributed by atoms with Gasteiger partial charge >= 0.3 is 5.97 Å². The molecule has 17 heavy (non-hydrogen) atoms. The predicted octanol–water partition coefficient (Wildman–Crippen LogP) is 1.16. The predicted molar refractivity (Wildman–Crippen MR) is 64.1 cm³/mol. The normalized spacial score (nSPS) is 10.5. The van der Waals surface area contributed by atoms with E-state index in [1.54, 1.807) is 12.2 Å². The molecular weight excluding hydrogens is 222 g/mol. The van der Waals surface area contributed by atoms with E-state index >= 15 is 0 Å². The van der Waals surface area contributed by atoms with Crippen LogP contribution in [0.1, 0.15) is 15.9 Å². The van der Waals surface area contributed by atoms with E-state index in [-0.39, 0.29) is 11.3 Å². The van der Waals surface area contributed by atoms with E-state index in [9.17, 15) is 9.90 Å². The van der Waals surface area contributed by atoms with Crippen LogP contribution in [0, 0.1) is 0 Å². The first-order chi connectivity index (χ1) is 8.13. The summed E-state index contributed by atoms with van der Waals surface area (Å²) in [6.07, 6.45) is 3.43. The third kappa shape index (κ3) is 2.98. The molecule has 0 aliphatic heterocycles. The number of ether oxygens (including phenoxy) is 2. The van der Waals surface area contributed by atoms with Crippen molar-refractivity contribution < 1.29 is 19.4 Å². The van der Waals surface area contributed by atoms with Gasteiger partial charge in [-0.1, -0.05) is 12.2 Å². The SMILES string of the molecule is COC(=O)c1cc(/C=C/CN)c(OC)cc1O. The molecule has 0 atom stereocenters.